The quantitative estimate of drug-likeness (QED) is 0.785. The topological polar surface area (TPSA) is 56.1 Å². The first-order valence-corrected chi connectivity index (χ1v) is 5.10. The van der Waals surface area contributed by atoms with Crippen molar-refractivity contribution in [2.24, 2.45) is 7.05 Å². The van der Waals surface area contributed by atoms with Crippen molar-refractivity contribution in [1.82, 2.24) is 9.78 Å². The van der Waals surface area contributed by atoms with Crippen molar-refractivity contribution in [3.05, 3.63) is 11.8 Å². The number of carbonyl (C=O) groups is 1. The van der Waals surface area contributed by atoms with Crippen LogP contribution in [0.25, 0.3) is 0 Å². The number of nitrogens with one attached hydrogen (secondary N) is 1. The van der Waals surface area contributed by atoms with Crippen molar-refractivity contribution in [3.63, 3.8) is 0 Å². The lowest BCUT2D eigenvalue weighted by Crippen LogP contribution is -2.27. The Morgan fingerprint density at radius 1 is 1.73 bits per heavy atom. The molecule has 0 bridgehead atoms. The number of aromatic nitrogens is 2. The van der Waals surface area contributed by atoms with Crippen molar-refractivity contribution in [2.45, 2.75) is 25.9 Å². The largest absolute Gasteiger partial charge is 0.368 e. The molecular formula is C10H15N3O2. The molecule has 5 nitrogen and oxygen atoms in total. The van der Waals surface area contributed by atoms with Gasteiger partial charge < -0.3 is 10.1 Å². The molecule has 0 saturated carbocycles. The van der Waals surface area contributed by atoms with Gasteiger partial charge in [0.1, 0.15) is 11.9 Å². The third-order valence-electron chi connectivity index (χ3n) is 2.48. The van der Waals surface area contributed by atoms with E-state index in [0.29, 0.717) is 12.4 Å². The highest BCUT2D eigenvalue weighted by Crippen LogP contribution is 2.15. The summed E-state index contributed by atoms with van der Waals surface area (Å²) >= 11 is 0. The molecule has 1 aromatic rings. The van der Waals surface area contributed by atoms with Gasteiger partial charge in [0.05, 0.1) is 5.69 Å². The molecule has 1 amide bonds. The second-order valence-corrected chi connectivity index (χ2v) is 3.79. The summed E-state index contributed by atoms with van der Waals surface area (Å²) < 4.78 is 6.95. The minimum Gasteiger partial charge on any atom is -0.368 e. The Morgan fingerprint density at radius 3 is 3.07 bits per heavy atom. The van der Waals surface area contributed by atoms with Crippen LogP contribution in [-0.4, -0.2) is 28.4 Å². The number of nitrogens with zero attached hydrogens (tertiary/aromatic N) is 2. The lowest BCUT2D eigenvalue weighted by atomic mass is 10.2. The van der Waals surface area contributed by atoms with Crippen molar-refractivity contribution >= 4 is 11.7 Å². The summed E-state index contributed by atoms with van der Waals surface area (Å²) in [6.07, 6.45) is 1.48. The summed E-state index contributed by atoms with van der Waals surface area (Å²) in [5.41, 5.74) is 0.889. The van der Waals surface area contributed by atoms with Gasteiger partial charge in [-0.2, -0.15) is 5.10 Å². The Bertz CT molecular complexity index is 367. The van der Waals surface area contributed by atoms with E-state index in [1.54, 1.807) is 11.7 Å². The van der Waals surface area contributed by atoms with E-state index in [9.17, 15) is 4.79 Å². The van der Waals surface area contributed by atoms with E-state index in [2.05, 4.69) is 10.4 Å². The summed E-state index contributed by atoms with van der Waals surface area (Å²) in [6.45, 7) is 2.57. The predicted molar refractivity (Wildman–Crippen MR) is 55.5 cm³/mol. The molecule has 1 aromatic heterocycles. The molecule has 0 radical (unpaired) electrons. The van der Waals surface area contributed by atoms with Crippen molar-refractivity contribution in [1.29, 1.82) is 0 Å². The lowest BCUT2D eigenvalue weighted by molar-refractivity contribution is -0.124. The van der Waals surface area contributed by atoms with Gasteiger partial charge in [0.2, 0.25) is 0 Å². The maximum Gasteiger partial charge on any atom is 0.254 e. The average molecular weight is 209 g/mol. The number of rotatable bonds is 2. The molecule has 15 heavy (non-hydrogen) atoms. The average Bonchev–Trinajstić information content (AvgIpc) is 2.76. The van der Waals surface area contributed by atoms with Gasteiger partial charge in [-0.05, 0) is 19.8 Å². The Balaban J connectivity index is 2.01. The van der Waals surface area contributed by atoms with Gasteiger partial charge in [-0.15, -0.1) is 0 Å². The third kappa shape index (κ3) is 2.18. The first-order chi connectivity index (χ1) is 7.16. The molecule has 2 rings (SSSR count). The van der Waals surface area contributed by atoms with Crippen LogP contribution in [0.4, 0.5) is 5.82 Å². The normalized spacial score (nSPS) is 20.5. The Labute approximate surface area is 88.4 Å². The van der Waals surface area contributed by atoms with E-state index >= 15 is 0 Å². The van der Waals surface area contributed by atoms with Crippen molar-refractivity contribution < 1.29 is 9.53 Å². The molecule has 0 aliphatic carbocycles. The smallest absolute Gasteiger partial charge is 0.254 e. The van der Waals surface area contributed by atoms with Crippen LogP contribution in [0.1, 0.15) is 18.5 Å². The minimum absolute atomic E-state index is 0.0736. The highest BCUT2D eigenvalue weighted by molar-refractivity contribution is 5.93. The number of ether oxygens (including phenoxy) is 1. The van der Waals surface area contributed by atoms with E-state index < -0.39 is 0 Å². The molecule has 1 aliphatic heterocycles. The fourth-order valence-corrected chi connectivity index (χ4v) is 1.72. The van der Waals surface area contributed by atoms with Crippen molar-refractivity contribution in [3.8, 4) is 0 Å². The predicted octanol–water partition coefficient (Wildman–Crippen LogP) is 0.846. The molecule has 1 saturated heterocycles. The molecule has 1 fully saturated rings. The van der Waals surface area contributed by atoms with Gasteiger partial charge in [0, 0.05) is 19.7 Å². The van der Waals surface area contributed by atoms with Crippen LogP contribution in [-0.2, 0) is 16.6 Å². The van der Waals surface area contributed by atoms with Crippen LogP contribution >= 0.6 is 0 Å². The number of anilines is 1. The zero-order valence-electron chi connectivity index (χ0n) is 8.99. The van der Waals surface area contributed by atoms with Crippen LogP contribution in [0, 0.1) is 6.92 Å². The number of aryl methyl sites for hydroxylation is 2. The van der Waals surface area contributed by atoms with E-state index in [-0.39, 0.29) is 12.0 Å². The summed E-state index contributed by atoms with van der Waals surface area (Å²) in [7, 11) is 1.80. The second kappa shape index (κ2) is 4.02. The first kappa shape index (κ1) is 10.2. The fourth-order valence-electron chi connectivity index (χ4n) is 1.72. The van der Waals surface area contributed by atoms with Crippen LogP contribution in [0.5, 0.6) is 0 Å². The molecule has 5 heteroatoms. The van der Waals surface area contributed by atoms with Crippen LogP contribution in [0.15, 0.2) is 6.07 Å². The monoisotopic (exact) mass is 209 g/mol. The van der Waals surface area contributed by atoms with Gasteiger partial charge in [-0.1, -0.05) is 0 Å². The Morgan fingerprint density at radius 2 is 2.53 bits per heavy atom. The summed E-state index contributed by atoms with van der Waals surface area (Å²) in [6, 6.07) is 1.84. The lowest BCUT2D eigenvalue weighted by Gasteiger charge is -2.09. The van der Waals surface area contributed by atoms with Crippen molar-refractivity contribution in [2.75, 3.05) is 11.9 Å². The van der Waals surface area contributed by atoms with E-state index in [1.807, 2.05) is 13.0 Å². The number of hydrogen-bond donors (Lipinski definition) is 1. The van der Waals surface area contributed by atoms with Gasteiger partial charge in [-0.3, -0.25) is 9.48 Å². The second-order valence-electron chi connectivity index (χ2n) is 3.79. The molecule has 0 spiro atoms. The third-order valence-corrected chi connectivity index (χ3v) is 2.48. The number of carbonyl (C=O) groups excluding carboxylic acids is 1. The standard InChI is InChI=1S/C10H15N3O2/c1-7-6-9(13(2)12-7)11-10(14)8-4-3-5-15-8/h6,8H,3-5H2,1-2H3,(H,11,14)/t8-/m0/s1. The van der Waals surface area contributed by atoms with E-state index in [1.165, 1.54) is 0 Å². The number of amides is 1. The molecule has 1 atom stereocenters. The molecule has 82 valence electrons. The Hall–Kier alpha value is -1.36. The molecule has 0 aromatic carbocycles. The van der Waals surface area contributed by atoms with Gasteiger partial charge in [0.25, 0.3) is 5.91 Å². The Kier molecular flexibility index (Phi) is 2.73. The van der Waals surface area contributed by atoms with E-state index in [4.69, 9.17) is 4.74 Å². The van der Waals surface area contributed by atoms with Gasteiger partial charge in [-0.25, -0.2) is 0 Å². The first-order valence-electron chi connectivity index (χ1n) is 5.10. The van der Waals surface area contributed by atoms with E-state index in [0.717, 1.165) is 18.5 Å². The highest BCUT2D eigenvalue weighted by atomic mass is 16.5. The van der Waals surface area contributed by atoms with Crippen LogP contribution in [0.2, 0.25) is 0 Å². The molecule has 1 aliphatic rings. The van der Waals surface area contributed by atoms with Crippen LogP contribution in [0.3, 0.4) is 0 Å². The summed E-state index contributed by atoms with van der Waals surface area (Å²) in [4.78, 5) is 11.7. The minimum atomic E-state index is -0.291. The zero-order chi connectivity index (χ0) is 10.8. The summed E-state index contributed by atoms with van der Waals surface area (Å²) in [5, 5.41) is 6.96. The SMILES string of the molecule is Cc1cc(NC(=O)[C@@H]2CCCO2)n(C)n1. The molecule has 1 N–H and O–H groups in total. The molecule has 2 heterocycles. The maximum atomic E-state index is 11.7. The highest BCUT2D eigenvalue weighted by Gasteiger charge is 2.24. The van der Waals surface area contributed by atoms with Gasteiger partial charge in [0.15, 0.2) is 0 Å². The van der Waals surface area contributed by atoms with Crippen LogP contribution < -0.4 is 5.32 Å². The molecular weight excluding hydrogens is 194 g/mol. The maximum absolute atomic E-state index is 11.7. The fraction of sp³-hybridized carbons (Fsp3) is 0.600. The molecule has 0 unspecified atom stereocenters. The number of hydrogen-bond acceptors (Lipinski definition) is 3. The summed E-state index contributed by atoms with van der Waals surface area (Å²) in [5.74, 6) is 0.642. The van der Waals surface area contributed by atoms with Gasteiger partial charge >= 0.3 is 0 Å². The zero-order valence-corrected chi connectivity index (χ0v) is 8.99.